The number of rotatable bonds is 15. The standard InChI is InChI=1S/C18H37NO2/c1-4-5-6-7-8-9-10-11-12-13-16-19(2,3)17-14-15-18(20)21/h4-17H2,1-3H3. The van der Waals surface area contributed by atoms with Crippen molar-refractivity contribution in [2.45, 2.75) is 84.0 Å². The summed E-state index contributed by atoms with van der Waals surface area (Å²) in [6, 6.07) is 0. The number of aliphatic carboxylic acids is 1. The first-order chi connectivity index (χ1) is 9.98. The van der Waals surface area contributed by atoms with Crippen molar-refractivity contribution in [2.75, 3.05) is 27.2 Å². The fourth-order valence-corrected chi connectivity index (χ4v) is 2.79. The first kappa shape index (κ1) is 20.4. The van der Waals surface area contributed by atoms with Crippen molar-refractivity contribution in [1.29, 1.82) is 0 Å². The Kier molecular flexibility index (Phi) is 12.8. The van der Waals surface area contributed by atoms with E-state index in [1.165, 1.54) is 64.2 Å². The molecule has 0 radical (unpaired) electrons. The number of carbonyl (C=O) groups excluding carboxylic acids is 1. The molecule has 0 aromatic carbocycles. The molecule has 0 aliphatic heterocycles. The summed E-state index contributed by atoms with van der Waals surface area (Å²) in [5.74, 6) is -0.922. The minimum atomic E-state index is -0.922. The van der Waals surface area contributed by atoms with E-state index in [9.17, 15) is 9.90 Å². The van der Waals surface area contributed by atoms with Gasteiger partial charge in [0, 0.05) is 12.4 Å². The smallest absolute Gasteiger partial charge is 0.0786 e. The predicted molar refractivity (Wildman–Crippen MR) is 87.9 cm³/mol. The van der Waals surface area contributed by atoms with E-state index >= 15 is 0 Å². The van der Waals surface area contributed by atoms with Crippen LogP contribution in [0.5, 0.6) is 0 Å². The lowest BCUT2D eigenvalue weighted by atomic mass is 10.1. The number of quaternary nitrogens is 1. The Balaban J connectivity index is 3.34. The van der Waals surface area contributed by atoms with E-state index in [0.717, 1.165) is 24.0 Å². The van der Waals surface area contributed by atoms with Gasteiger partial charge in [0.05, 0.1) is 27.2 Å². The van der Waals surface area contributed by atoms with Gasteiger partial charge in [0.1, 0.15) is 0 Å². The molecular formula is C18H37NO2. The molecule has 0 saturated heterocycles. The second-order valence-electron chi connectivity index (χ2n) is 7.04. The highest BCUT2D eigenvalue weighted by atomic mass is 16.4. The highest BCUT2D eigenvalue weighted by Crippen LogP contribution is 2.12. The maximum Gasteiger partial charge on any atom is 0.0786 e. The van der Waals surface area contributed by atoms with Crippen molar-refractivity contribution < 1.29 is 14.4 Å². The van der Waals surface area contributed by atoms with Crippen LogP contribution in [0, 0.1) is 0 Å². The molecule has 126 valence electrons. The van der Waals surface area contributed by atoms with Crippen molar-refractivity contribution in [2.24, 2.45) is 0 Å². The van der Waals surface area contributed by atoms with Gasteiger partial charge in [-0.2, -0.15) is 0 Å². The van der Waals surface area contributed by atoms with E-state index in [0.29, 0.717) is 0 Å². The van der Waals surface area contributed by atoms with Crippen LogP contribution in [0.3, 0.4) is 0 Å². The Labute approximate surface area is 132 Å². The molecule has 21 heavy (non-hydrogen) atoms. The molecule has 0 spiro atoms. The van der Waals surface area contributed by atoms with Gasteiger partial charge in [0.2, 0.25) is 0 Å². The van der Waals surface area contributed by atoms with Crippen molar-refractivity contribution in [1.82, 2.24) is 0 Å². The number of carbonyl (C=O) groups is 1. The molecule has 0 unspecified atom stereocenters. The first-order valence-corrected chi connectivity index (χ1v) is 9.00. The van der Waals surface area contributed by atoms with Crippen LogP contribution in [0.1, 0.15) is 84.0 Å². The van der Waals surface area contributed by atoms with Gasteiger partial charge in [-0.1, -0.05) is 58.3 Å². The summed E-state index contributed by atoms with van der Waals surface area (Å²) in [6.07, 6.45) is 14.6. The Morgan fingerprint density at radius 3 is 1.67 bits per heavy atom. The van der Waals surface area contributed by atoms with E-state index in [1.54, 1.807) is 0 Å². The van der Waals surface area contributed by atoms with Crippen molar-refractivity contribution in [3.05, 3.63) is 0 Å². The maximum absolute atomic E-state index is 10.4. The Morgan fingerprint density at radius 1 is 0.762 bits per heavy atom. The van der Waals surface area contributed by atoms with Crippen LogP contribution >= 0.6 is 0 Å². The number of carboxylic acids is 1. The molecule has 0 aromatic heterocycles. The van der Waals surface area contributed by atoms with Crippen LogP contribution in [0.15, 0.2) is 0 Å². The SMILES string of the molecule is CCCCCCCCCCCC[N+](C)(C)CCCC(=O)[O-]. The van der Waals surface area contributed by atoms with Crippen molar-refractivity contribution >= 4 is 5.97 Å². The molecule has 0 bridgehead atoms. The van der Waals surface area contributed by atoms with Gasteiger partial charge in [-0.05, 0) is 19.3 Å². The summed E-state index contributed by atoms with van der Waals surface area (Å²) in [5, 5.41) is 10.4. The Hall–Kier alpha value is -0.570. The zero-order valence-corrected chi connectivity index (χ0v) is 14.7. The summed E-state index contributed by atoms with van der Waals surface area (Å²) in [4.78, 5) is 10.4. The number of hydrogen-bond acceptors (Lipinski definition) is 2. The fourth-order valence-electron chi connectivity index (χ4n) is 2.79. The number of hydrogen-bond donors (Lipinski definition) is 0. The largest absolute Gasteiger partial charge is 0.550 e. The van der Waals surface area contributed by atoms with Crippen LogP contribution < -0.4 is 5.11 Å². The average Bonchev–Trinajstić information content (AvgIpc) is 2.40. The molecule has 0 aliphatic rings. The van der Waals surface area contributed by atoms with Crippen LogP contribution in [-0.4, -0.2) is 37.6 Å². The Morgan fingerprint density at radius 2 is 1.19 bits per heavy atom. The number of carboxylic acid groups (broad SMARTS) is 1. The molecule has 0 fully saturated rings. The third-order valence-electron chi connectivity index (χ3n) is 4.26. The third kappa shape index (κ3) is 15.6. The molecule has 0 amide bonds. The zero-order chi connectivity index (χ0) is 16.0. The first-order valence-electron chi connectivity index (χ1n) is 9.00. The van der Waals surface area contributed by atoms with Crippen LogP contribution in [-0.2, 0) is 4.79 Å². The van der Waals surface area contributed by atoms with E-state index in [4.69, 9.17) is 0 Å². The summed E-state index contributed by atoms with van der Waals surface area (Å²) >= 11 is 0. The van der Waals surface area contributed by atoms with E-state index in [1.807, 2.05) is 0 Å². The normalized spacial score (nSPS) is 11.8. The van der Waals surface area contributed by atoms with Gasteiger partial charge >= 0.3 is 0 Å². The topological polar surface area (TPSA) is 40.1 Å². The molecule has 3 heteroatoms. The third-order valence-corrected chi connectivity index (χ3v) is 4.26. The lowest BCUT2D eigenvalue weighted by molar-refractivity contribution is -0.890. The van der Waals surface area contributed by atoms with Gasteiger partial charge in [-0.3, -0.25) is 0 Å². The van der Waals surface area contributed by atoms with Crippen LogP contribution in [0.4, 0.5) is 0 Å². The summed E-state index contributed by atoms with van der Waals surface area (Å²) < 4.78 is 0.935. The van der Waals surface area contributed by atoms with E-state index < -0.39 is 5.97 Å². The van der Waals surface area contributed by atoms with Gasteiger partial charge in [-0.25, -0.2) is 0 Å². The van der Waals surface area contributed by atoms with Crippen LogP contribution in [0.2, 0.25) is 0 Å². The summed E-state index contributed by atoms with van der Waals surface area (Å²) in [6.45, 7) is 4.35. The minimum Gasteiger partial charge on any atom is -0.550 e. The molecule has 3 nitrogen and oxygen atoms in total. The average molecular weight is 299 g/mol. The molecule has 0 saturated carbocycles. The highest BCUT2D eigenvalue weighted by molar-refractivity contribution is 5.64. The predicted octanol–water partition coefficient (Wildman–Crippen LogP) is 3.51. The highest BCUT2D eigenvalue weighted by Gasteiger charge is 2.13. The lowest BCUT2D eigenvalue weighted by Gasteiger charge is -2.30. The summed E-state index contributed by atoms with van der Waals surface area (Å²) in [7, 11) is 4.39. The quantitative estimate of drug-likeness (QED) is 0.343. The lowest BCUT2D eigenvalue weighted by Crippen LogP contribution is -2.41. The van der Waals surface area contributed by atoms with Crippen molar-refractivity contribution in [3.8, 4) is 0 Å². The molecule has 0 N–H and O–H groups in total. The van der Waals surface area contributed by atoms with E-state index in [-0.39, 0.29) is 6.42 Å². The van der Waals surface area contributed by atoms with Gasteiger partial charge in [0.25, 0.3) is 0 Å². The molecular weight excluding hydrogens is 262 g/mol. The van der Waals surface area contributed by atoms with Gasteiger partial charge < -0.3 is 14.4 Å². The minimum absolute atomic E-state index is 0.194. The number of nitrogens with zero attached hydrogens (tertiary/aromatic N) is 1. The summed E-state index contributed by atoms with van der Waals surface area (Å²) in [5.41, 5.74) is 0. The fraction of sp³-hybridized carbons (Fsp3) is 0.944. The number of unbranched alkanes of at least 4 members (excludes halogenated alkanes) is 9. The maximum atomic E-state index is 10.4. The zero-order valence-electron chi connectivity index (χ0n) is 14.7. The van der Waals surface area contributed by atoms with Crippen LogP contribution in [0.25, 0.3) is 0 Å². The van der Waals surface area contributed by atoms with Gasteiger partial charge in [-0.15, -0.1) is 0 Å². The molecule has 0 aromatic rings. The van der Waals surface area contributed by atoms with Crippen molar-refractivity contribution in [3.63, 3.8) is 0 Å². The van der Waals surface area contributed by atoms with Gasteiger partial charge in [0.15, 0.2) is 0 Å². The molecule has 0 heterocycles. The monoisotopic (exact) mass is 299 g/mol. The molecule has 0 atom stereocenters. The second kappa shape index (κ2) is 13.1. The molecule has 0 rings (SSSR count). The van der Waals surface area contributed by atoms with E-state index in [2.05, 4.69) is 21.0 Å². The second-order valence-corrected chi connectivity index (χ2v) is 7.04. The Bertz CT molecular complexity index is 252. The molecule has 0 aliphatic carbocycles.